The molecule has 68 valence electrons. The molecule has 2 N–H and O–H groups in total. The van der Waals surface area contributed by atoms with Gasteiger partial charge in [0.1, 0.15) is 0 Å². The average Bonchev–Trinajstić information content (AvgIpc) is 2.98. The maximum absolute atomic E-state index is 11.0. The van der Waals surface area contributed by atoms with Crippen molar-refractivity contribution in [3.8, 4) is 0 Å². The monoisotopic (exact) mass is 177 g/mol. The van der Waals surface area contributed by atoms with Crippen LogP contribution in [0.15, 0.2) is 30.3 Å². The molecular weight excluding hydrogens is 166 g/mol. The van der Waals surface area contributed by atoms with E-state index in [2.05, 4.69) is 0 Å². The predicted molar refractivity (Wildman–Crippen MR) is 47.2 cm³/mol. The molecule has 3 nitrogen and oxygen atoms in total. The lowest BCUT2D eigenvalue weighted by atomic mass is 10.1. The summed E-state index contributed by atoms with van der Waals surface area (Å²) >= 11 is 0. The molecule has 1 aliphatic rings. The fraction of sp³-hybridized carbons (Fsp3) is 0.300. The number of hydrogen-bond acceptors (Lipinski definition) is 2. The molecule has 0 bridgehead atoms. The molecular formula is C10H11NO2. The third-order valence-corrected chi connectivity index (χ3v) is 2.47. The fourth-order valence-corrected chi connectivity index (χ4v) is 1.64. The van der Waals surface area contributed by atoms with Gasteiger partial charge in [-0.25, -0.2) is 5.48 Å². The van der Waals surface area contributed by atoms with Crippen LogP contribution in [0.1, 0.15) is 17.9 Å². The van der Waals surface area contributed by atoms with Crippen LogP contribution >= 0.6 is 0 Å². The van der Waals surface area contributed by atoms with E-state index in [1.54, 1.807) is 5.48 Å². The zero-order chi connectivity index (χ0) is 9.26. The van der Waals surface area contributed by atoms with Gasteiger partial charge in [-0.05, 0) is 17.9 Å². The Hall–Kier alpha value is -1.35. The second-order valence-electron chi connectivity index (χ2n) is 3.34. The highest BCUT2D eigenvalue weighted by atomic mass is 16.5. The minimum atomic E-state index is -0.270. The summed E-state index contributed by atoms with van der Waals surface area (Å²) in [5, 5.41) is 8.41. The molecule has 1 saturated carbocycles. The lowest BCUT2D eigenvalue weighted by Gasteiger charge is -1.98. The molecule has 0 spiro atoms. The maximum Gasteiger partial charge on any atom is 0.247 e. The topological polar surface area (TPSA) is 49.3 Å². The Morgan fingerprint density at radius 3 is 2.69 bits per heavy atom. The Bertz CT molecular complexity index is 310. The Labute approximate surface area is 76.3 Å². The van der Waals surface area contributed by atoms with Crippen LogP contribution in [0, 0.1) is 5.92 Å². The van der Waals surface area contributed by atoms with Gasteiger partial charge < -0.3 is 0 Å². The van der Waals surface area contributed by atoms with Crippen molar-refractivity contribution in [2.75, 3.05) is 0 Å². The van der Waals surface area contributed by atoms with E-state index >= 15 is 0 Å². The van der Waals surface area contributed by atoms with Crippen molar-refractivity contribution in [3.63, 3.8) is 0 Å². The van der Waals surface area contributed by atoms with Gasteiger partial charge in [-0.2, -0.15) is 0 Å². The summed E-state index contributed by atoms with van der Waals surface area (Å²) in [6.07, 6.45) is 0.844. The van der Waals surface area contributed by atoms with Gasteiger partial charge in [-0.15, -0.1) is 0 Å². The highest BCUT2D eigenvalue weighted by Crippen LogP contribution is 2.47. The summed E-state index contributed by atoms with van der Waals surface area (Å²) in [5.41, 5.74) is 2.86. The molecule has 0 heterocycles. The van der Waals surface area contributed by atoms with Gasteiger partial charge in [-0.3, -0.25) is 10.0 Å². The smallest absolute Gasteiger partial charge is 0.247 e. The van der Waals surface area contributed by atoms with Crippen LogP contribution < -0.4 is 5.48 Å². The molecule has 1 aliphatic carbocycles. The molecule has 2 atom stereocenters. The first-order valence-corrected chi connectivity index (χ1v) is 4.32. The van der Waals surface area contributed by atoms with Crippen molar-refractivity contribution in [3.05, 3.63) is 35.9 Å². The number of hydrogen-bond donors (Lipinski definition) is 2. The largest absolute Gasteiger partial charge is 0.289 e. The molecule has 0 aliphatic heterocycles. The standard InChI is InChI=1S/C10H11NO2/c12-10(11-13)9-6-8(9)7-4-2-1-3-5-7/h1-5,8-9,13H,6H2,(H,11,12)/t8-,9?/m0/s1. The van der Waals surface area contributed by atoms with Gasteiger partial charge in [0.25, 0.3) is 0 Å². The zero-order valence-electron chi connectivity index (χ0n) is 7.10. The van der Waals surface area contributed by atoms with E-state index in [1.165, 1.54) is 5.56 Å². The quantitative estimate of drug-likeness (QED) is 0.528. The van der Waals surface area contributed by atoms with Crippen LogP contribution in [0.4, 0.5) is 0 Å². The van der Waals surface area contributed by atoms with E-state index in [0.29, 0.717) is 5.92 Å². The molecule has 1 unspecified atom stereocenters. The number of benzene rings is 1. The highest BCUT2D eigenvalue weighted by Gasteiger charge is 2.43. The van der Waals surface area contributed by atoms with Crippen molar-refractivity contribution < 1.29 is 10.0 Å². The highest BCUT2D eigenvalue weighted by molar-refractivity contribution is 5.81. The number of hydroxylamine groups is 1. The summed E-state index contributed by atoms with van der Waals surface area (Å²) in [4.78, 5) is 11.0. The van der Waals surface area contributed by atoms with Gasteiger partial charge in [0, 0.05) is 5.92 Å². The number of rotatable bonds is 2. The molecule has 1 amide bonds. The van der Waals surface area contributed by atoms with Crippen LogP contribution in [-0.2, 0) is 4.79 Å². The second kappa shape index (κ2) is 3.18. The number of amides is 1. The van der Waals surface area contributed by atoms with Gasteiger partial charge in [-0.1, -0.05) is 30.3 Å². The lowest BCUT2D eigenvalue weighted by molar-refractivity contribution is -0.130. The van der Waals surface area contributed by atoms with Crippen LogP contribution in [0.3, 0.4) is 0 Å². The minimum Gasteiger partial charge on any atom is -0.289 e. The summed E-state index contributed by atoms with van der Waals surface area (Å²) in [7, 11) is 0. The molecule has 3 heteroatoms. The first-order valence-electron chi connectivity index (χ1n) is 4.32. The van der Waals surface area contributed by atoms with E-state index in [0.717, 1.165) is 6.42 Å². The molecule has 2 rings (SSSR count). The normalized spacial score (nSPS) is 25.3. The van der Waals surface area contributed by atoms with Crippen LogP contribution in [0.5, 0.6) is 0 Å². The van der Waals surface area contributed by atoms with Crippen molar-refractivity contribution in [2.24, 2.45) is 5.92 Å². The van der Waals surface area contributed by atoms with E-state index < -0.39 is 0 Å². The van der Waals surface area contributed by atoms with Crippen LogP contribution in [0.2, 0.25) is 0 Å². The minimum absolute atomic E-state index is 0.0348. The summed E-state index contributed by atoms with van der Waals surface area (Å²) in [6, 6.07) is 9.89. The van der Waals surface area contributed by atoms with Crippen molar-refractivity contribution in [1.82, 2.24) is 5.48 Å². The van der Waals surface area contributed by atoms with Crippen molar-refractivity contribution in [1.29, 1.82) is 0 Å². The van der Waals surface area contributed by atoms with Crippen LogP contribution in [0.25, 0.3) is 0 Å². The molecule has 0 aromatic heterocycles. The van der Waals surface area contributed by atoms with Gasteiger partial charge in [0.05, 0.1) is 0 Å². The van der Waals surface area contributed by atoms with E-state index in [4.69, 9.17) is 5.21 Å². The van der Waals surface area contributed by atoms with Crippen LogP contribution in [-0.4, -0.2) is 11.1 Å². The zero-order valence-corrected chi connectivity index (χ0v) is 7.10. The Balaban J connectivity index is 2.04. The molecule has 0 radical (unpaired) electrons. The fourth-order valence-electron chi connectivity index (χ4n) is 1.64. The average molecular weight is 177 g/mol. The first kappa shape index (κ1) is 8.26. The summed E-state index contributed by atoms with van der Waals surface area (Å²) in [5.74, 6) is -0.00500. The maximum atomic E-state index is 11.0. The summed E-state index contributed by atoms with van der Waals surface area (Å²) < 4.78 is 0. The third kappa shape index (κ3) is 1.55. The Morgan fingerprint density at radius 2 is 2.08 bits per heavy atom. The SMILES string of the molecule is O=C(NO)C1C[C@H]1c1ccccc1. The van der Waals surface area contributed by atoms with E-state index in [9.17, 15) is 4.79 Å². The first-order chi connectivity index (χ1) is 6.33. The van der Waals surface area contributed by atoms with Gasteiger partial charge >= 0.3 is 0 Å². The molecule has 1 fully saturated rings. The second-order valence-corrected chi connectivity index (χ2v) is 3.34. The predicted octanol–water partition coefficient (Wildman–Crippen LogP) is 1.30. The van der Waals surface area contributed by atoms with Gasteiger partial charge in [0.15, 0.2) is 0 Å². The third-order valence-electron chi connectivity index (χ3n) is 2.47. The number of carbonyl (C=O) groups is 1. The lowest BCUT2D eigenvalue weighted by Crippen LogP contribution is -2.20. The molecule has 13 heavy (non-hydrogen) atoms. The Morgan fingerprint density at radius 1 is 1.38 bits per heavy atom. The molecule has 0 saturated heterocycles. The molecule has 1 aromatic carbocycles. The van der Waals surface area contributed by atoms with E-state index in [-0.39, 0.29) is 11.8 Å². The van der Waals surface area contributed by atoms with E-state index in [1.807, 2.05) is 30.3 Å². The Kier molecular flexibility index (Phi) is 2.02. The molecule has 1 aromatic rings. The summed E-state index contributed by atoms with van der Waals surface area (Å²) in [6.45, 7) is 0. The number of carbonyl (C=O) groups excluding carboxylic acids is 1. The van der Waals surface area contributed by atoms with Crippen molar-refractivity contribution >= 4 is 5.91 Å². The van der Waals surface area contributed by atoms with Crippen molar-refractivity contribution in [2.45, 2.75) is 12.3 Å². The number of nitrogens with one attached hydrogen (secondary N) is 1. The van der Waals surface area contributed by atoms with Gasteiger partial charge in [0.2, 0.25) is 5.91 Å².